The first-order valence-electron chi connectivity index (χ1n) is 6.09. The number of aromatic nitrogens is 3. The van der Waals surface area contributed by atoms with Gasteiger partial charge in [0, 0.05) is 31.9 Å². The number of nitrogens with two attached hydrogens (primary N) is 1. The van der Waals surface area contributed by atoms with Gasteiger partial charge in [0.2, 0.25) is 5.95 Å². The van der Waals surface area contributed by atoms with Gasteiger partial charge in [0.15, 0.2) is 5.82 Å². The highest BCUT2D eigenvalue weighted by Gasteiger charge is 2.11. The zero-order valence-corrected chi connectivity index (χ0v) is 10.8. The second-order valence-electron chi connectivity index (χ2n) is 4.26. The standard InChI is InChI=1S/C13H15FN6/c14-11-7-18-13(19-8-11)20(5-3-12(15)16)9-10-2-1-4-17-6-10/h1-2,4,6-8H,3,5,9H2,(H3,15,16). The maximum atomic E-state index is 12.9. The van der Waals surface area contributed by atoms with Crippen LogP contribution in [0.3, 0.4) is 0 Å². The molecule has 0 aliphatic heterocycles. The molecule has 104 valence electrons. The minimum atomic E-state index is -0.485. The molecule has 2 rings (SSSR count). The summed E-state index contributed by atoms with van der Waals surface area (Å²) in [5, 5.41) is 7.30. The topological polar surface area (TPSA) is 91.8 Å². The van der Waals surface area contributed by atoms with Crippen LogP contribution in [0.15, 0.2) is 36.9 Å². The summed E-state index contributed by atoms with van der Waals surface area (Å²) < 4.78 is 12.9. The summed E-state index contributed by atoms with van der Waals surface area (Å²) in [5.74, 6) is 0.00134. The van der Waals surface area contributed by atoms with Crippen molar-refractivity contribution in [2.75, 3.05) is 11.4 Å². The number of hydrogen-bond acceptors (Lipinski definition) is 5. The van der Waals surface area contributed by atoms with E-state index in [0.29, 0.717) is 25.5 Å². The van der Waals surface area contributed by atoms with E-state index in [9.17, 15) is 4.39 Å². The highest BCUT2D eigenvalue weighted by molar-refractivity contribution is 5.77. The molecule has 0 aromatic carbocycles. The SMILES string of the molecule is N=C(N)CCN(Cc1cccnc1)c1ncc(F)cn1. The van der Waals surface area contributed by atoms with Gasteiger partial charge in [0.05, 0.1) is 18.2 Å². The van der Waals surface area contributed by atoms with Gasteiger partial charge in [-0.25, -0.2) is 14.4 Å². The van der Waals surface area contributed by atoms with Crippen molar-refractivity contribution >= 4 is 11.8 Å². The van der Waals surface area contributed by atoms with Crippen LogP contribution in [0.1, 0.15) is 12.0 Å². The van der Waals surface area contributed by atoms with E-state index in [1.54, 1.807) is 12.4 Å². The molecular weight excluding hydrogens is 259 g/mol. The number of amidine groups is 1. The third-order valence-electron chi connectivity index (χ3n) is 2.64. The van der Waals surface area contributed by atoms with Crippen molar-refractivity contribution in [2.45, 2.75) is 13.0 Å². The lowest BCUT2D eigenvalue weighted by Crippen LogP contribution is -2.29. The Morgan fingerprint density at radius 2 is 2.05 bits per heavy atom. The third-order valence-corrected chi connectivity index (χ3v) is 2.64. The smallest absolute Gasteiger partial charge is 0.225 e. The largest absolute Gasteiger partial charge is 0.388 e. The van der Waals surface area contributed by atoms with Crippen LogP contribution in [0.4, 0.5) is 10.3 Å². The first kappa shape index (κ1) is 13.9. The average molecular weight is 274 g/mol. The lowest BCUT2D eigenvalue weighted by atomic mass is 10.2. The van der Waals surface area contributed by atoms with Crippen molar-refractivity contribution < 1.29 is 4.39 Å². The van der Waals surface area contributed by atoms with Gasteiger partial charge in [-0.05, 0) is 11.6 Å². The minimum Gasteiger partial charge on any atom is -0.388 e. The fourth-order valence-electron chi connectivity index (χ4n) is 1.69. The van der Waals surface area contributed by atoms with Crippen LogP contribution in [0.2, 0.25) is 0 Å². The lowest BCUT2D eigenvalue weighted by molar-refractivity contribution is 0.610. The number of pyridine rings is 1. The van der Waals surface area contributed by atoms with Gasteiger partial charge in [-0.2, -0.15) is 0 Å². The maximum Gasteiger partial charge on any atom is 0.225 e. The molecule has 0 radical (unpaired) electrons. The molecule has 0 atom stereocenters. The van der Waals surface area contributed by atoms with Crippen molar-refractivity contribution in [1.82, 2.24) is 15.0 Å². The lowest BCUT2D eigenvalue weighted by Gasteiger charge is -2.22. The molecule has 0 spiro atoms. The number of halogens is 1. The van der Waals surface area contributed by atoms with Crippen molar-refractivity contribution in [3.63, 3.8) is 0 Å². The molecule has 0 aliphatic rings. The minimum absolute atomic E-state index is 0.0864. The van der Waals surface area contributed by atoms with Gasteiger partial charge < -0.3 is 10.6 Å². The molecule has 0 saturated heterocycles. The summed E-state index contributed by atoms with van der Waals surface area (Å²) in [5.41, 5.74) is 6.36. The van der Waals surface area contributed by atoms with Gasteiger partial charge >= 0.3 is 0 Å². The van der Waals surface area contributed by atoms with E-state index >= 15 is 0 Å². The molecule has 0 bridgehead atoms. The zero-order chi connectivity index (χ0) is 14.4. The number of rotatable bonds is 6. The van der Waals surface area contributed by atoms with E-state index in [1.165, 1.54) is 0 Å². The van der Waals surface area contributed by atoms with Crippen molar-refractivity contribution in [2.24, 2.45) is 5.73 Å². The van der Waals surface area contributed by atoms with Crippen LogP contribution in [-0.2, 0) is 6.54 Å². The predicted octanol–water partition coefficient (Wildman–Crippen LogP) is 1.34. The Kier molecular flexibility index (Phi) is 4.54. The number of anilines is 1. The normalized spacial score (nSPS) is 10.2. The average Bonchev–Trinajstić information content (AvgIpc) is 2.45. The third kappa shape index (κ3) is 3.98. The number of hydrogen-bond donors (Lipinski definition) is 2. The fourth-order valence-corrected chi connectivity index (χ4v) is 1.69. The van der Waals surface area contributed by atoms with E-state index in [4.69, 9.17) is 11.1 Å². The van der Waals surface area contributed by atoms with Crippen LogP contribution in [0.25, 0.3) is 0 Å². The molecule has 6 nitrogen and oxygen atoms in total. The summed E-state index contributed by atoms with van der Waals surface area (Å²) >= 11 is 0. The zero-order valence-electron chi connectivity index (χ0n) is 10.8. The van der Waals surface area contributed by atoms with Crippen LogP contribution >= 0.6 is 0 Å². The Hall–Kier alpha value is -2.57. The van der Waals surface area contributed by atoms with Gasteiger partial charge in [-0.3, -0.25) is 10.4 Å². The summed E-state index contributed by atoms with van der Waals surface area (Å²) in [6, 6.07) is 3.77. The van der Waals surface area contributed by atoms with Gasteiger partial charge in [0.25, 0.3) is 0 Å². The molecule has 0 saturated carbocycles. The van der Waals surface area contributed by atoms with Crippen molar-refractivity contribution in [3.8, 4) is 0 Å². The van der Waals surface area contributed by atoms with E-state index in [0.717, 1.165) is 18.0 Å². The van der Waals surface area contributed by atoms with Crippen LogP contribution in [0, 0.1) is 11.2 Å². The highest BCUT2D eigenvalue weighted by atomic mass is 19.1. The van der Waals surface area contributed by atoms with E-state index < -0.39 is 5.82 Å². The Morgan fingerprint density at radius 3 is 2.65 bits per heavy atom. The summed E-state index contributed by atoms with van der Waals surface area (Å²) in [4.78, 5) is 13.8. The van der Waals surface area contributed by atoms with Gasteiger partial charge in [-0.15, -0.1) is 0 Å². The highest BCUT2D eigenvalue weighted by Crippen LogP contribution is 2.12. The molecule has 3 N–H and O–H groups in total. The van der Waals surface area contributed by atoms with E-state index in [2.05, 4.69) is 15.0 Å². The van der Waals surface area contributed by atoms with Crippen molar-refractivity contribution in [1.29, 1.82) is 5.41 Å². The monoisotopic (exact) mass is 274 g/mol. The molecule has 7 heteroatoms. The molecule has 0 amide bonds. The molecule has 2 heterocycles. The fraction of sp³-hybridized carbons (Fsp3) is 0.231. The molecular formula is C13H15FN6. The first-order chi connectivity index (χ1) is 9.65. The Morgan fingerprint density at radius 1 is 1.30 bits per heavy atom. The molecule has 0 aliphatic carbocycles. The second kappa shape index (κ2) is 6.55. The Bertz CT molecular complexity index is 557. The Labute approximate surface area is 116 Å². The molecule has 0 unspecified atom stereocenters. The quantitative estimate of drug-likeness (QED) is 0.612. The summed E-state index contributed by atoms with van der Waals surface area (Å²) in [7, 11) is 0. The first-order valence-corrected chi connectivity index (χ1v) is 6.09. The summed E-state index contributed by atoms with van der Waals surface area (Å²) in [6.07, 6.45) is 6.06. The maximum absolute atomic E-state index is 12.9. The van der Waals surface area contributed by atoms with Gasteiger partial charge in [0.1, 0.15) is 0 Å². The van der Waals surface area contributed by atoms with E-state index in [1.807, 2.05) is 17.0 Å². The van der Waals surface area contributed by atoms with Crippen LogP contribution in [-0.4, -0.2) is 27.3 Å². The van der Waals surface area contributed by atoms with Crippen LogP contribution < -0.4 is 10.6 Å². The van der Waals surface area contributed by atoms with E-state index in [-0.39, 0.29) is 5.84 Å². The molecule has 20 heavy (non-hydrogen) atoms. The Balaban J connectivity index is 2.15. The predicted molar refractivity (Wildman–Crippen MR) is 73.8 cm³/mol. The molecule has 0 fully saturated rings. The van der Waals surface area contributed by atoms with Crippen LogP contribution in [0.5, 0.6) is 0 Å². The number of nitrogens with zero attached hydrogens (tertiary/aromatic N) is 4. The number of nitrogens with one attached hydrogen (secondary N) is 1. The molecule has 2 aromatic rings. The second-order valence-corrected chi connectivity index (χ2v) is 4.26. The van der Waals surface area contributed by atoms with Gasteiger partial charge in [-0.1, -0.05) is 6.07 Å². The summed E-state index contributed by atoms with van der Waals surface area (Å²) in [6.45, 7) is 1.00. The van der Waals surface area contributed by atoms with Crippen molar-refractivity contribution in [3.05, 3.63) is 48.3 Å². The molecule has 2 aromatic heterocycles.